The predicted octanol–water partition coefficient (Wildman–Crippen LogP) is 4.34. The van der Waals surface area contributed by atoms with E-state index in [2.05, 4.69) is 32.6 Å². The molecule has 3 aromatic rings. The SMILES string of the molecule is C=CCOc1ccc(C(=O)N(C)Cc2nc(-c3cccc(Br)c3)no2)cc1. The largest absolute Gasteiger partial charge is 0.490 e. The highest BCUT2D eigenvalue weighted by atomic mass is 79.9. The van der Waals surface area contributed by atoms with Gasteiger partial charge in [0.25, 0.3) is 5.91 Å². The van der Waals surface area contributed by atoms with Gasteiger partial charge in [-0.25, -0.2) is 0 Å². The minimum absolute atomic E-state index is 0.146. The maximum Gasteiger partial charge on any atom is 0.254 e. The smallest absolute Gasteiger partial charge is 0.254 e. The molecule has 0 fully saturated rings. The number of halogens is 1. The molecule has 27 heavy (non-hydrogen) atoms. The first kappa shape index (κ1) is 18.8. The van der Waals surface area contributed by atoms with E-state index in [1.54, 1.807) is 37.4 Å². The molecule has 1 aromatic heterocycles. The van der Waals surface area contributed by atoms with Gasteiger partial charge in [-0.05, 0) is 36.4 Å². The Morgan fingerprint density at radius 3 is 2.78 bits per heavy atom. The molecule has 0 spiro atoms. The van der Waals surface area contributed by atoms with E-state index in [9.17, 15) is 4.79 Å². The number of nitrogens with zero attached hydrogens (tertiary/aromatic N) is 3. The third kappa shape index (κ3) is 4.83. The lowest BCUT2D eigenvalue weighted by Crippen LogP contribution is -2.26. The van der Waals surface area contributed by atoms with Crippen LogP contribution in [-0.2, 0) is 6.54 Å². The summed E-state index contributed by atoms with van der Waals surface area (Å²) >= 11 is 3.42. The molecule has 0 bridgehead atoms. The molecule has 1 heterocycles. The molecule has 0 saturated heterocycles. The van der Waals surface area contributed by atoms with Crippen molar-refractivity contribution in [2.75, 3.05) is 13.7 Å². The fraction of sp³-hybridized carbons (Fsp3) is 0.150. The van der Waals surface area contributed by atoms with Crippen molar-refractivity contribution in [3.05, 3.63) is 77.1 Å². The molecule has 0 aliphatic heterocycles. The summed E-state index contributed by atoms with van der Waals surface area (Å²) < 4.78 is 11.6. The molecule has 7 heteroatoms. The van der Waals surface area contributed by atoms with Gasteiger partial charge in [-0.3, -0.25) is 4.79 Å². The summed E-state index contributed by atoms with van der Waals surface area (Å²) in [4.78, 5) is 18.5. The summed E-state index contributed by atoms with van der Waals surface area (Å²) in [6, 6.07) is 14.6. The van der Waals surface area contributed by atoms with E-state index in [4.69, 9.17) is 9.26 Å². The standard InChI is InChI=1S/C20H18BrN3O3/c1-3-11-26-17-9-7-14(8-10-17)20(25)24(2)13-18-22-19(23-27-18)15-5-4-6-16(21)12-15/h3-10,12H,1,11,13H2,2H3. The monoisotopic (exact) mass is 427 g/mol. The molecular formula is C20H18BrN3O3. The van der Waals surface area contributed by atoms with Gasteiger partial charge >= 0.3 is 0 Å². The number of carbonyl (C=O) groups excluding carboxylic acids is 1. The van der Waals surface area contributed by atoms with Crippen LogP contribution in [0.4, 0.5) is 0 Å². The molecule has 3 rings (SSSR count). The summed E-state index contributed by atoms with van der Waals surface area (Å²) in [5, 5.41) is 3.98. The van der Waals surface area contributed by atoms with E-state index in [1.807, 2.05) is 24.3 Å². The summed E-state index contributed by atoms with van der Waals surface area (Å²) in [7, 11) is 1.69. The molecule has 0 atom stereocenters. The summed E-state index contributed by atoms with van der Waals surface area (Å²) in [5.74, 6) is 1.39. The van der Waals surface area contributed by atoms with Gasteiger partial charge in [-0.2, -0.15) is 4.98 Å². The van der Waals surface area contributed by atoms with Gasteiger partial charge in [0.15, 0.2) is 0 Å². The predicted molar refractivity (Wildman–Crippen MR) is 105 cm³/mol. The molecule has 138 valence electrons. The quantitative estimate of drug-likeness (QED) is 0.524. The van der Waals surface area contributed by atoms with Crippen LogP contribution in [-0.4, -0.2) is 34.6 Å². The Morgan fingerprint density at radius 2 is 2.07 bits per heavy atom. The summed E-state index contributed by atoms with van der Waals surface area (Å²) in [6.45, 7) is 4.24. The zero-order valence-electron chi connectivity index (χ0n) is 14.8. The number of aromatic nitrogens is 2. The average molecular weight is 428 g/mol. The molecule has 0 radical (unpaired) electrons. The first-order valence-electron chi connectivity index (χ1n) is 8.24. The Hall–Kier alpha value is -2.93. The van der Waals surface area contributed by atoms with E-state index >= 15 is 0 Å². The van der Waals surface area contributed by atoms with Gasteiger partial charge < -0.3 is 14.2 Å². The molecule has 0 saturated carbocycles. The number of hydrogen-bond donors (Lipinski definition) is 0. The normalized spacial score (nSPS) is 10.4. The van der Waals surface area contributed by atoms with E-state index in [0.29, 0.717) is 29.6 Å². The highest BCUT2D eigenvalue weighted by molar-refractivity contribution is 9.10. The van der Waals surface area contributed by atoms with Gasteiger partial charge in [0, 0.05) is 22.6 Å². The van der Waals surface area contributed by atoms with Crippen LogP contribution in [0.15, 0.2) is 70.2 Å². The lowest BCUT2D eigenvalue weighted by Gasteiger charge is -2.15. The van der Waals surface area contributed by atoms with Gasteiger partial charge in [-0.15, -0.1) is 0 Å². The third-order valence-electron chi connectivity index (χ3n) is 3.74. The van der Waals surface area contributed by atoms with Crippen molar-refractivity contribution in [1.29, 1.82) is 0 Å². The van der Waals surface area contributed by atoms with Crippen LogP contribution in [0.2, 0.25) is 0 Å². The molecule has 0 aliphatic carbocycles. The Kier molecular flexibility index (Phi) is 6.03. The highest BCUT2D eigenvalue weighted by Gasteiger charge is 2.16. The fourth-order valence-corrected chi connectivity index (χ4v) is 2.81. The van der Waals surface area contributed by atoms with Crippen LogP contribution < -0.4 is 4.74 Å². The third-order valence-corrected chi connectivity index (χ3v) is 4.23. The van der Waals surface area contributed by atoms with Crippen LogP contribution >= 0.6 is 15.9 Å². The fourth-order valence-electron chi connectivity index (χ4n) is 2.41. The highest BCUT2D eigenvalue weighted by Crippen LogP contribution is 2.21. The van der Waals surface area contributed by atoms with E-state index in [-0.39, 0.29) is 12.5 Å². The topological polar surface area (TPSA) is 68.5 Å². The molecule has 0 unspecified atom stereocenters. The van der Waals surface area contributed by atoms with Crippen molar-refractivity contribution >= 4 is 21.8 Å². The Bertz CT molecular complexity index is 938. The lowest BCUT2D eigenvalue weighted by atomic mass is 10.2. The second kappa shape index (κ2) is 8.64. The molecule has 0 N–H and O–H groups in total. The molecule has 2 aromatic carbocycles. The van der Waals surface area contributed by atoms with Crippen molar-refractivity contribution in [2.24, 2.45) is 0 Å². The Balaban J connectivity index is 1.65. The van der Waals surface area contributed by atoms with Crippen LogP contribution in [0.3, 0.4) is 0 Å². The van der Waals surface area contributed by atoms with Crippen LogP contribution in [0, 0.1) is 0 Å². The zero-order valence-corrected chi connectivity index (χ0v) is 16.3. The molecule has 6 nitrogen and oxygen atoms in total. The number of amides is 1. The van der Waals surface area contributed by atoms with Crippen LogP contribution in [0.25, 0.3) is 11.4 Å². The lowest BCUT2D eigenvalue weighted by molar-refractivity contribution is 0.0769. The maximum atomic E-state index is 12.6. The summed E-state index contributed by atoms with van der Waals surface area (Å²) in [5.41, 5.74) is 1.39. The number of carbonyl (C=O) groups is 1. The first-order valence-corrected chi connectivity index (χ1v) is 9.04. The molecular weight excluding hydrogens is 410 g/mol. The number of ether oxygens (including phenoxy) is 1. The van der Waals surface area contributed by atoms with E-state index < -0.39 is 0 Å². The van der Waals surface area contributed by atoms with Crippen LogP contribution in [0.5, 0.6) is 5.75 Å². The van der Waals surface area contributed by atoms with E-state index in [0.717, 1.165) is 10.0 Å². The van der Waals surface area contributed by atoms with Crippen molar-refractivity contribution < 1.29 is 14.1 Å². The van der Waals surface area contributed by atoms with Crippen molar-refractivity contribution in [3.63, 3.8) is 0 Å². The Labute approximate surface area is 165 Å². The van der Waals surface area contributed by atoms with Gasteiger partial charge in [0.05, 0.1) is 6.54 Å². The summed E-state index contributed by atoms with van der Waals surface area (Å²) in [6.07, 6.45) is 1.67. The number of hydrogen-bond acceptors (Lipinski definition) is 5. The van der Waals surface area contributed by atoms with Gasteiger partial charge in [-0.1, -0.05) is 45.9 Å². The second-order valence-electron chi connectivity index (χ2n) is 5.81. The zero-order chi connectivity index (χ0) is 19.2. The van der Waals surface area contributed by atoms with Gasteiger partial charge in [0.1, 0.15) is 12.4 Å². The number of rotatable bonds is 7. The number of benzene rings is 2. The van der Waals surface area contributed by atoms with Crippen molar-refractivity contribution in [2.45, 2.75) is 6.54 Å². The first-order chi connectivity index (χ1) is 13.1. The van der Waals surface area contributed by atoms with Gasteiger partial charge in [0.2, 0.25) is 11.7 Å². The van der Waals surface area contributed by atoms with Crippen LogP contribution in [0.1, 0.15) is 16.2 Å². The van der Waals surface area contributed by atoms with Crippen molar-refractivity contribution in [1.82, 2.24) is 15.0 Å². The Morgan fingerprint density at radius 1 is 1.30 bits per heavy atom. The average Bonchev–Trinajstić information content (AvgIpc) is 3.14. The maximum absolute atomic E-state index is 12.6. The molecule has 1 amide bonds. The van der Waals surface area contributed by atoms with E-state index in [1.165, 1.54) is 4.90 Å². The second-order valence-corrected chi connectivity index (χ2v) is 6.72. The minimum Gasteiger partial charge on any atom is -0.490 e. The van der Waals surface area contributed by atoms with Crippen molar-refractivity contribution in [3.8, 4) is 17.1 Å². The minimum atomic E-state index is -0.146. The molecule has 0 aliphatic rings.